The van der Waals surface area contributed by atoms with Crippen LogP contribution < -0.4 is 11.2 Å². The fourth-order valence-electron chi connectivity index (χ4n) is 2.30. The topological polar surface area (TPSA) is 99.0 Å². The monoisotopic (exact) mass is 391 g/mol. The summed E-state index contributed by atoms with van der Waals surface area (Å²) in [7, 11) is 0. The fourth-order valence-corrected chi connectivity index (χ4v) is 3.23. The van der Waals surface area contributed by atoms with E-state index in [0.717, 1.165) is 11.1 Å². The van der Waals surface area contributed by atoms with E-state index in [0.29, 0.717) is 28.3 Å². The number of nitrogen functional groups attached to an aromatic ring is 1. The summed E-state index contributed by atoms with van der Waals surface area (Å²) in [5.41, 5.74) is 1.74. The number of rotatable bonds is 6. The molecule has 0 aliphatic heterocycles. The number of aromatic nitrogens is 3. The zero-order chi connectivity index (χ0) is 18.7. The zero-order valence-corrected chi connectivity index (χ0v) is 15.8. The number of nitrogens with one attached hydrogen (secondary N) is 1. The lowest BCUT2D eigenvalue weighted by atomic mass is 10.2. The smallest absolute Gasteiger partial charge is 0.233 e. The number of benzene rings is 1. The lowest BCUT2D eigenvalue weighted by Gasteiger charge is -2.11. The molecule has 0 saturated carbocycles. The predicted molar refractivity (Wildman–Crippen MR) is 101 cm³/mol. The van der Waals surface area contributed by atoms with Gasteiger partial charge in [0.25, 0.3) is 0 Å². The Morgan fingerprint density at radius 3 is 2.73 bits per heavy atom. The van der Waals surface area contributed by atoms with Crippen LogP contribution in [0.4, 0.5) is 0 Å². The van der Waals surface area contributed by atoms with E-state index in [1.165, 1.54) is 16.4 Å². The summed E-state index contributed by atoms with van der Waals surface area (Å²) >= 11 is 7.10. The van der Waals surface area contributed by atoms with Crippen molar-refractivity contribution in [2.45, 2.75) is 30.8 Å². The van der Waals surface area contributed by atoms with Crippen LogP contribution in [0.5, 0.6) is 0 Å². The second kappa shape index (κ2) is 7.84. The third-order valence-electron chi connectivity index (χ3n) is 3.80. The van der Waals surface area contributed by atoms with Crippen molar-refractivity contribution in [2.75, 3.05) is 5.84 Å². The lowest BCUT2D eigenvalue weighted by Crippen LogP contribution is -2.30. The van der Waals surface area contributed by atoms with Gasteiger partial charge in [0.1, 0.15) is 5.76 Å². The van der Waals surface area contributed by atoms with E-state index in [9.17, 15) is 4.79 Å². The van der Waals surface area contributed by atoms with Gasteiger partial charge in [0, 0.05) is 11.6 Å². The van der Waals surface area contributed by atoms with Crippen LogP contribution in [0.3, 0.4) is 0 Å². The first kappa shape index (κ1) is 18.3. The molecule has 7 nitrogen and oxygen atoms in total. The minimum Gasteiger partial charge on any atom is -0.469 e. The van der Waals surface area contributed by atoms with Crippen LogP contribution in [0.1, 0.15) is 18.2 Å². The van der Waals surface area contributed by atoms with E-state index in [1.54, 1.807) is 31.4 Å². The third-order valence-corrected chi connectivity index (χ3v) is 5.10. The zero-order valence-electron chi connectivity index (χ0n) is 14.3. The van der Waals surface area contributed by atoms with Crippen LogP contribution in [0, 0.1) is 6.92 Å². The molecule has 0 spiro atoms. The number of halogens is 1. The van der Waals surface area contributed by atoms with Gasteiger partial charge in [0.15, 0.2) is 5.82 Å². The number of carbonyl (C=O) groups excluding carboxylic acids is 1. The number of amides is 1. The number of furan rings is 1. The highest BCUT2D eigenvalue weighted by atomic mass is 35.5. The molecular formula is C17H18ClN5O2S. The van der Waals surface area contributed by atoms with Crippen molar-refractivity contribution in [1.29, 1.82) is 0 Å². The van der Waals surface area contributed by atoms with Crippen LogP contribution in [-0.4, -0.2) is 26.0 Å². The van der Waals surface area contributed by atoms with Crippen molar-refractivity contribution in [1.82, 2.24) is 20.2 Å². The number of aryl methyl sites for hydroxylation is 1. The van der Waals surface area contributed by atoms with Crippen LogP contribution in [0.25, 0.3) is 11.4 Å². The fraction of sp³-hybridized carbons (Fsp3) is 0.235. The molecule has 136 valence electrons. The average molecular weight is 392 g/mol. The summed E-state index contributed by atoms with van der Waals surface area (Å²) in [6.45, 7) is 4.04. The minimum atomic E-state index is -0.382. The largest absolute Gasteiger partial charge is 0.469 e. The molecule has 0 fully saturated rings. The molecule has 9 heteroatoms. The molecule has 1 atom stereocenters. The molecule has 0 saturated heterocycles. The van der Waals surface area contributed by atoms with Crippen LogP contribution in [-0.2, 0) is 11.3 Å². The second-order valence-electron chi connectivity index (χ2n) is 5.67. The summed E-state index contributed by atoms with van der Waals surface area (Å²) in [4.78, 5) is 12.3. The SMILES string of the molecule is Cc1occc1-c1nnc(SC(C)C(=O)NCc2ccc(Cl)cc2)n1N. The molecule has 0 bridgehead atoms. The molecule has 2 heterocycles. The van der Waals surface area contributed by atoms with Crippen molar-refractivity contribution in [3.05, 3.63) is 52.9 Å². The second-order valence-corrected chi connectivity index (χ2v) is 7.42. The number of nitrogens with two attached hydrogens (primary N) is 1. The molecule has 26 heavy (non-hydrogen) atoms. The maximum absolute atomic E-state index is 12.3. The Bertz CT molecular complexity index is 906. The van der Waals surface area contributed by atoms with E-state index < -0.39 is 0 Å². The van der Waals surface area contributed by atoms with Crippen LogP contribution in [0.15, 0.2) is 46.2 Å². The van der Waals surface area contributed by atoms with Gasteiger partial charge in [0.05, 0.1) is 17.1 Å². The van der Waals surface area contributed by atoms with Gasteiger partial charge >= 0.3 is 0 Å². The number of thioether (sulfide) groups is 1. The van der Waals surface area contributed by atoms with Gasteiger partial charge in [-0.15, -0.1) is 10.2 Å². The normalized spacial score (nSPS) is 12.1. The third kappa shape index (κ3) is 4.03. The highest BCUT2D eigenvalue weighted by Crippen LogP contribution is 2.27. The maximum Gasteiger partial charge on any atom is 0.233 e. The minimum absolute atomic E-state index is 0.117. The van der Waals surface area contributed by atoms with Gasteiger partial charge in [-0.05, 0) is 37.6 Å². The molecule has 1 amide bonds. The van der Waals surface area contributed by atoms with Gasteiger partial charge in [-0.25, -0.2) is 4.68 Å². The Labute approximate surface area is 159 Å². The molecule has 1 aromatic carbocycles. The molecule has 3 rings (SSSR count). The summed E-state index contributed by atoms with van der Waals surface area (Å²) in [5.74, 6) is 7.16. The number of carbonyl (C=O) groups is 1. The van der Waals surface area contributed by atoms with Crippen LogP contribution in [0.2, 0.25) is 5.02 Å². The highest BCUT2D eigenvalue weighted by molar-refractivity contribution is 8.00. The quantitative estimate of drug-likeness (QED) is 0.495. The van der Waals surface area contributed by atoms with Gasteiger partial charge in [0.2, 0.25) is 11.1 Å². The maximum atomic E-state index is 12.3. The standard InChI is InChI=1S/C17H18ClN5O2S/c1-10-14(7-8-25-10)15-21-22-17(23(15)19)26-11(2)16(24)20-9-12-3-5-13(18)6-4-12/h3-8,11H,9,19H2,1-2H3,(H,20,24). The van der Waals surface area contributed by atoms with Crippen molar-refractivity contribution < 1.29 is 9.21 Å². The van der Waals surface area contributed by atoms with E-state index in [2.05, 4.69) is 15.5 Å². The molecule has 0 aliphatic rings. The molecule has 0 radical (unpaired) electrons. The first-order valence-corrected chi connectivity index (χ1v) is 9.15. The van der Waals surface area contributed by atoms with Gasteiger partial charge in [-0.3, -0.25) is 4.79 Å². The van der Waals surface area contributed by atoms with Crippen molar-refractivity contribution in [3.8, 4) is 11.4 Å². The number of hydrogen-bond donors (Lipinski definition) is 2. The molecule has 0 aliphatic carbocycles. The molecule has 1 unspecified atom stereocenters. The first-order valence-electron chi connectivity index (χ1n) is 7.89. The molecule has 2 aromatic heterocycles. The Kier molecular flexibility index (Phi) is 5.53. The van der Waals surface area contributed by atoms with Crippen molar-refractivity contribution in [2.24, 2.45) is 0 Å². The Morgan fingerprint density at radius 2 is 2.08 bits per heavy atom. The van der Waals surface area contributed by atoms with E-state index in [-0.39, 0.29) is 11.2 Å². The van der Waals surface area contributed by atoms with E-state index in [1.807, 2.05) is 19.1 Å². The number of nitrogens with zero attached hydrogens (tertiary/aromatic N) is 3. The predicted octanol–water partition coefficient (Wildman–Crippen LogP) is 3.01. The first-order chi connectivity index (χ1) is 12.5. The van der Waals surface area contributed by atoms with Gasteiger partial charge < -0.3 is 15.6 Å². The molecular weight excluding hydrogens is 374 g/mol. The molecule has 3 N–H and O–H groups in total. The van der Waals surface area contributed by atoms with Gasteiger partial charge in [-0.1, -0.05) is 35.5 Å². The van der Waals surface area contributed by atoms with Gasteiger partial charge in [-0.2, -0.15) is 0 Å². The van der Waals surface area contributed by atoms with Crippen molar-refractivity contribution >= 4 is 29.3 Å². The average Bonchev–Trinajstić information content (AvgIpc) is 3.20. The Hall–Kier alpha value is -2.45. The van der Waals surface area contributed by atoms with Crippen LogP contribution >= 0.6 is 23.4 Å². The summed E-state index contributed by atoms with van der Waals surface area (Å²) < 4.78 is 6.63. The Balaban J connectivity index is 1.61. The summed E-state index contributed by atoms with van der Waals surface area (Å²) in [6, 6.07) is 9.10. The number of hydrogen-bond acceptors (Lipinski definition) is 6. The van der Waals surface area contributed by atoms with Crippen molar-refractivity contribution in [3.63, 3.8) is 0 Å². The highest BCUT2D eigenvalue weighted by Gasteiger charge is 2.21. The van der Waals surface area contributed by atoms with E-state index >= 15 is 0 Å². The summed E-state index contributed by atoms with van der Waals surface area (Å²) in [5, 5.41) is 11.8. The molecule has 3 aromatic rings. The Morgan fingerprint density at radius 1 is 1.35 bits per heavy atom. The van der Waals surface area contributed by atoms with E-state index in [4.69, 9.17) is 21.9 Å². The summed E-state index contributed by atoms with van der Waals surface area (Å²) in [6.07, 6.45) is 1.57. The lowest BCUT2D eigenvalue weighted by molar-refractivity contribution is -0.120.